The highest BCUT2D eigenvalue weighted by atomic mass is 19.4. The third-order valence-corrected chi connectivity index (χ3v) is 6.17. The molecular weight excluding hydrogens is 492 g/mol. The Kier molecular flexibility index (Phi) is 7.17. The van der Waals surface area contributed by atoms with Gasteiger partial charge in [0.25, 0.3) is 5.91 Å². The number of nitrogens with two attached hydrogens (primary N) is 1. The number of halogens is 4. The number of anilines is 2. The van der Waals surface area contributed by atoms with Crippen LogP contribution in [0.5, 0.6) is 0 Å². The summed E-state index contributed by atoms with van der Waals surface area (Å²) < 4.78 is 58.6. The van der Waals surface area contributed by atoms with E-state index in [1.165, 1.54) is 0 Å². The summed E-state index contributed by atoms with van der Waals surface area (Å²) >= 11 is 0. The van der Waals surface area contributed by atoms with Gasteiger partial charge in [-0.2, -0.15) is 13.2 Å². The Morgan fingerprint density at radius 1 is 1.14 bits per heavy atom. The molecule has 1 atom stereocenters. The Bertz CT molecular complexity index is 1320. The second kappa shape index (κ2) is 10.2. The number of hydrogen-bond donors (Lipinski definition) is 3. The van der Waals surface area contributed by atoms with E-state index in [0.717, 1.165) is 17.7 Å². The van der Waals surface area contributed by atoms with Crippen molar-refractivity contribution in [1.29, 1.82) is 0 Å². The molecule has 0 spiro atoms. The molecule has 1 aliphatic rings. The summed E-state index contributed by atoms with van der Waals surface area (Å²) in [7, 11) is 0. The molecule has 1 saturated heterocycles. The van der Waals surface area contributed by atoms with Crippen LogP contribution < -0.4 is 16.4 Å². The fraction of sp³-hybridized carbons (Fsp3) is 0.269. The Hall–Kier alpha value is -3.99. The number of rotatable bonds is 7. The Morgan fingerprint density at radius 2 is 1.86 bits per heavy atom. The number of hydrogen-bond acceptors (Lipinski definition) is 5. The van der Waals surface area contributed by atoms with Crippen molar-refractivity contribution in [3.63, 3.8) is 0 Å². The molecule has 0 bridgehead atoms. The lowest BCUT2D eigenvalue weighted by Gasteiger charge is -2.27. The molecule has 1 aliphatic heterocycles. The second-order valence-corrected chi connectivity index (χ2v) is 8.85. The highest BCUT2D eigenvalue weighted by molar-refractivity contribution is 5.98. The number of nitrogens with zero attached hydrogens (tertiary/aromatic N) is 1. The molecule has 3 aromatic rings. The average Bonchev–Trinajstić information content (AvgIpc) is 3.35. The summed E-state index contributed by atoms with van der Waals surface area (Å²) in [5.41, 5.74) is 5.14. The van der Waals surface area contributed by atoms with Crippen LogP contribution in [-0.2, 0) is 27.7 Å². The number of carbonyl (C=O) groups is 2. The Morgan fingerprint density at radius 3 is 2.49 bits per heavy atom. The number of benzene rings is 2. The summed E-state index contributed by atoms with van der Waals surface area (Å²) in [6.07, 6.45) is -2.85. The fourth-order valence-electron chi connectivity index (χ4n) is 4.25. The number of nitrogens with one attached hydrogen (secondary N) is 2. The van der Waals surface area contributed by atoms with Gasteiger partial charge >= 0.3 is 6.18 Å². The standard InChI is InChI=1S/C26H24F4N4O3/c1-15-10-19(23(31)35)22(32-12-15)25(8-9-37-14-25)24(36)33-13-16-2-5-18(6-3-16)34-21-7-4-17(27)11-20(21)26(28,29)30/h2-7,10-12,34H,8-9,13-14H2,1H3,(H2,31,35)(H,33,36). The molecule has 7 nitrogen and oxygen atoms in total. The number of amides is 2. The number of aryl methyl sites for hydroxylation is 1. The van der Waals surface area contributed by atoms with Gasteiger partial charge in [0.15, 0.2) is 0 Å². The maximum absolute atomic E-state index is 13.3. The predicted molar refractivity (Wildman–Crippen MR) is 128 cm³/mol. The molecule has 0 radical (unpaired) electrons. The van der Waals surface area contributed by atoms with Crippen LogP contribution in [0, 0.1) is 12.7 Å². The molecule has 4 rings (SSSR count). The smallest absolute Gasteiger partial charge is 0.380 e. The quantitative estimate of drug-likeness (QED) is 0.405. The van der Waals surface area contributed by atoms with Gasteiger partial charge in [0.05, 0.1) is 29.1 Å². The molecule has 2 aromatic carbocycles. The van der Waals surface area contributed by atoms with E-state index in [-0.39, 0.29) is 36.0 Å². The largest absolute Gasteiger partial charge is 0.418 e. The molecule has 194 valence electrons. The molecule has 1 unspecified atom stereocenters. The number of ether oxygens (including phenoxy) is 1. The first-order chi connectivity index (χ1) is 17.5. The van der Waals surface area contributed by atoms with Gasteiger partial charge in [0, 0.05) is 25.0 Å². The monoisotopic (exact) mass is 516 g/mol. The van der Waals surface area contributed by atoms with E-state index in [1.807, 2.05) is 0 Å². The maximum atomic E-state index is 13.3. The maximum Gasteiger partial charge on any atom is 0.418 e. The van der Waals surface area contributed by atoms with E-state index in [4.69, 9.17) is 10.5 Å². The van der Waals surface area contributed by atoms with Crippen LogP contribution in [0.25, 0.3) is 0 Å². The van der Waals surface area contributed by atoms with Crippen molar-refractivity contribution in [3.8, 4) is 0 Å². The summed E-state index contributed by atoms with van der Waals surface area (Å²) in [4.78, 5) is 29.7. The van der Waals surface area contributed by atoms with Crippen LogP contribution in [0.1, 0.15) is 39.2 Å². The third-order valence-electron chi connectivity index (χ3n) is 6.17. The van der Waals surface area contributed by atoms with Crippen LogP contribution in [0.2, 0.25) is 0 Å². The predicted octanol–water partition coefficient (Wildman–Crippen LogP) is 4.36. The lowest BCUT2D eigenvalue weighted by Crippen LogP contribution is -2.46. The Balaban J connectivity index is 1.49. The van der Waals surface area contributed by atoms with Crippen LogP contribution >= 0.6 is 0 Å². The molecular formula is C26H24F4N4O3. The molecule has 2 heterocycles. The number of pyridine rings is 1. The molecule has 1 aromatic heterocycles. The number of carbonyl (C=O) groups excluding carboxylic acids is 2. The first kappa shape index (κ1) is 26.1. The van der Waals surface area contributed by atoms with Crippen LogP contribution in [0.3, 0.4) is 0 Å². The number of alkyl halides is 3. The van der Waals surface area contributed by atoms with Crippen LogP contribution in [0.4, 0.5) is 28.9 Å². The van der Waals surface area contributed by atoms with Crippen molar-refractivity contribution < 1.29 is 31.9 Å². The van der Waals surface area contributed by atoms with E-state index >= 15 is 0 Å². The van der Waals surface area contributed by atoms with Crippen LogP contribution in [-0.4, -0.2) is 30.0 Å². The van der Waals surface area contributed by atoms with Gasteiger partial charge in [-0.15, -0.1) is 0 Å². The molecule has 37 heavy (non-hydrogen) atoms. The molecule has 0 aliphatic carbocycles. The van der Waals surface area contributed by atoms with Gasteiger partial charge in [-0.05, 0) is 60.9 Å². The lowest BCUT2D eigenvalue weighted by atomic mass is 9.79. The summed E-state index contributed by atoms with van der Waals surface area (Å²) in [5, 5.41) is 5.49. The first-order valence-corrected chi connectivity index (χ1v) is 11.4. The summed E-state index contributed by atoms with van der Waals surface area (Å²) in [6, 6.07) is 10.4. The van der Waals surface area contributed by atoms with E-state index in [2.05, 4.69) is 15.6 Å². The minimum Gasteiger partial charge on any atom is -0.380 e. The zero-order valence-corrected chi connectivity index (χ0v) is 19.8. The van der Waals surface area contributed by atoms with Gasteiger partial charge in [0.2, 0.25) is 5.91 Å². The van der Waals surface area contributed by atoms with Crippen molar-refractivity contribution in [2.75, 3.05) is 18.5 Å². The Labute approximate surface area is 210 Å². The summed E-state index contributed by atoms with van der Waals surface area (Å²) in [5.74, 6) is -2.06. The molecule has 0 saturated carbocycles. The number of primary amides is 1. The average molecular weight is 516 g/mol. The zero-order valence-electron chi connectivity index (χ0n) is 19.8. The number of aromatic nitrogens is 1. The SMILES string of the molecule is Cc1cnc(C2(C(=O)NCc3ccc(Nc4ccc(F)cc4C(F)(F)F)cc3)CCOC2)c(C(N)=O)c1. The van der Waals surface area contributed by atoms with E-state index in [1.54, 1.807) is 43.5 Å². The van der Waals surface area contributed by atoms with E-state index in [9.17, 15) is 27.2 Å². The topological polar surface area (TPSA) is 106 Å². The third kappa shape index (κ3) is 5.56. The van der Waals surface area contributed by atoms with Gasteiger partial charge in [-0.1, -0.05) is 12.1 Å². The van der Waals surface area contributed by atoms with Crippen molar-refractivity contribution >= 4 is 23.2 Å². The fourth-order valence-corrected chi connectivity index (χ4v) is 4.25. The van der Waals surface area contributed by atoms with Crippen molar-refractivity contribution in [3.05, 3.63) is 88.5 Å². The van der Waals surface area contributed by atoms with E-state index in [0.29, 0.717) is 30.3 Å². The lowest BCUT2D eigenvalue weighted by molar-refractivity contribution is -0.137. The zero-order chi connectivity index (χ0) is 26.8. The van der Waals surface area contributed by atoms with Crippen molar-refractivity contribution in [2.45, 2.75) is 31.5 Å². The molecule has 4 N–H and O–H groups in total. The van der Waals surface area contributed by atoms with E-state index < -0.39 is 28.9 Å². The van der Waals surface area contributed by atoms with Gasteiger partial charge in [-0.25, -0.2) is 4.39 Å². The van der Waals surface area contributed by atoms with Gasteiger partial charge < -0.3 is 21.1 Å². The van der Waals surface area contributed by atoms with Crippen molar-refractivity contribution in [1.82, 2.24) is 10.3 Å². The van der Waals surface area contributed by atoms with Gasteiger partial charge in [-0.3, -0.25) is 14.6 Å². The molecule has 11 heteroatoms. The summed E-state index contributed by atoms with van der Waals surface area (Å²) in [6.45, 7) is 2.23. The highest BCUT2D eigenvalue weighted by Crippen LogP contribution is 2.37. The van der Waals surface area contributed by atoms with Gasteiger partial charge in [0.1, 0.15) is 11.2 Å². The minimum atomic E-state index is -4.73. The first-order valence-electron chi connectivity index (χ1n) is 11.4. The molecule has 1 fully saturated rings. The normalized spacial score (nSPS) is 17.4. The molecule has 2 amide bonds. The van der Waals surface area contributed by atoms with Crippen molar-refractivity contribution in [2.24, 2.45) is 5.73 Å². The van der Waals surface area contributed by atoms with Crippen LogP contribution in [0.15, 0.2) is 54.7 Å². The highest BCUT2D eigenvalue weighted by Gasteiger charge is 2.47. The minimum absolute atomic E-state index is 0.0389. The second-order valence-electron chi connectivity index (χ2n) is 8.85.